The second kappa shape index (κ2) is 3.77. The number of benzene rings is 1. The molecule has 2 rings (SSSR count). The lowest BCUT2D eigenvalue weighted by Crippen LogP contribution is -2.44. The van der Waals surface area contributed by atoms with Crippen molar-refractivity contribution in [2.24, 2.45) is 0 Å². The van der Waals surface area contributed by atoms with Crippen LogP contribution in [0.2, 0.25) is 0 Å². The Bertz CT molecular complexity index is 600. The van der Waals surface area contributed by atoms with Crippen molar-refractivity contribution in [3.8, 4) is 6.07 Å². The largest absolute Gasteiger partial charge is 0.222 e. The van der Waals surface area contributed by atoms with E-state index in [1.165, 1.54) is 0 Å². The summed E-state index contributed by atoms with van der Waals surface area (Å²) in [7, 11) is -4.06. The van der Waals surface area contributed by atoms with Crippen LogP contribution in [-0.4, -0.2) is 13.2 Å². The maximum atomic E-state index is 13.4. The van der Waals surface area contributed by atoms with E-state index < -0.39 is 31.1 Å². The second-order valence-electron chi connectivity index (χ2n) is 4.04. The third-order valence-corrected chi connectivity index (χ3v) is 5.50. The summed E-state index contributed by atoms with van der Waals surface area (Å²) >= 11 is 0. The molecule has 0 saturated heterocycles. The molecule has 0 amide bonds. The third-order valence-electron chi connectivity index (χ3n) is 3.06. The predicted molar refractivity (Wildman–Crippen MR) is 55.7 cm³/mol. The highest BCUT2D eigenvalue weighted by atomic mass is 32.2. The fourth-order valence-corrected chi connectivity index (χ4v) is 3.77. The minimum absolute atomic E-state index is 0.197. The first-order valence-electron chi connectivity index (χ1n) is 5.04. The van der Waals surface area contributed by atoms with Gasteiger partial charge in [-0.2, -0.15) is 5.26 Å². The molecule has 0 aliphatic heterocycles. The number of nitrogens with zero attached hydrogens (tertiary/aromatic N) is 1. The number of hydrogen-bond acceptors (Lipinski definition) is 3. The number of rotatable bonds is 2. The van der Waals surface area contributed by atoms with Gasteiger partial charge in [-0.3, -0.25) is 0 Å². The van der Waals surface area contributed by atoms with Gasteiger partial charge in [0.2, 0.25) is 0 Å². The van der Waals surface area contributed by atoms with E-state index >= 15 is 0 Å². The molecule has 0 spiro atoms. The summed E-state index contributed by atoms with van der Waals surface area (Å²) < 4.78 is 48.8. The second-order valence-corrected chi connectivity index (χ2v) is 6.27. The molecule has 0 heterocycles. The highest BCUT2D eigenvalue weighted by Crippen LogP contribution is 2.42. The van der Waals surface area contributed by atoms with Crippen LogP contribution < -0.4 is 0 Å². The van der Waals surface area contributed by atoms with Gasteiger partial charge in [-0.25, -0.2) is 17.2 Å². The molecule has 1 aliphatic carbocycles. The van der Waals surface area contributed by atoms with Crippen LogP contribution in [0.15, 0.2) is 23.1 Å². The average molecular weight is 257 g/mol. The van der Waals surface area contributed by atoms with E-state index in [9.17, 15) is 17.2 Å². The molecule has 1 aliphatic rings. The smallest absolute Gasteiger partial charge is 0.200 e. The van der Waals surface area contributed by atoms with Gasteiger partial charge in [0.25, 0.3) is 0 Å². The van der Waals surface area contributed by atoms with Crippen LogP contribution in [0.3, 0.4) is 0 Å². The van der Waals surface area contributed by atoms with Crippen molar-refractivity contribution >= 4 is 9.84 Å². The number of halogens is 2. The van der Waals surface area contributed by atoms with Crippen molar-refractivity contribution in [1.29, 1.82) is 5.26 Å². The zero-order valence-corrected chi connectivity index (χ0v) is 9.60. The standard InChI is InChI=1S/C11H9F2NO2S/c12-8-2-3-10(9(13)6-8)17(15,16)11(7-14)4-1-5-11/h2-3,6H,1,4-5H2. The van der Waals surface area contributed by atoms with E-state index in [1.807, 2.05) is 0 Å². The third kappa shape index (κ3) is 1.62. The van der Waals surface area contributed by atoms with Crippen molar-refractivity contribution in [2.75, 3.05) is 0 Å². The Morgan fingerprint density at radius 3 is 2.35 bits per heavy atom. The molecule has 3 nitrogen and oxygen atoms in total. The molecule has 0 radical (unpaired) electrons. The molecule has 0 unspecified atom stereocenters. The maximum Gasteiger partial charge on any atom is 0.200 e. The van der Waals surface area contributed by atoms with Gasteiger partial charge in [0.1, 0.15) is 16.5 Å². The molecular formula is C11H9F2NO2S. The molecule has 0 aromatic heterocycles. The van der Waals surface area contributed by atoms with Crippen molar-refractivity contribution in [3.05, 3.63) is 29.8 Å². The van der Waals surface area contributed by atoms with Crippen LogP contribution in [-0.2, 0) is 9.84 Å². The lowest BCUT2D eigenvalue weighted by Gasteiger charge is -2.34. The van der Waals surface area contributed by atoms with Gasteiger partial charge in [0, 0.05) is 6.07 Å². The van der Waals surface area contributed by atoms with Crippen LogP contribution in [0.5, 0.6) is 0 Å². The minimum atomic E-state index is -4.06. The molecule has 0 N–H and O–H groups in total. The Morgan fingerprint density at radius 1 is 1.29 bits per heavy atom. The maximum absolute atomic E-state index is 13.4. The van der Waals surface area contributed by atoms with Gasteiger partial charge in [0.15, 0.2) is 14.6 Å². The number of nitriles is 1. The molecule has 17 heavy (non-hydrogen) atoms. The molecule has 90 valence electrons. The Morgan fingerprint density at radius 2 is 1.94 bits per heavy atom. The average Bonchev–Trinajstić information content (AvgIpc) is 2.15. The molecule has 1 aromatic rings. The first-order valence-corrected chi connectivity index (χ1v) is 6.52. The zero-order valence-electron chi connectivity index (χ0n) is 8.78. The van der Waals surface area contributed by atoms with Gasteiger partial charge in [-0.1, -0.05) is 0 Å². The summed E-state index contributed by atoms with van der Waals surface area (Å²) in [5, 5.41) is 8.95. The Labute approximate surface area is 97.6 Å². The van der Waals surface area contributed by atoms with Crippen molar-refractivity contribution in [1.82, 2.24) is 0 Å². The van der Waals surface area contributed by atoms with E-state index in [0.29, 0.717) is 12.5 Å². The molecular weight excluding hydrogens is 248 g/mol. The first kappa shape index (κ1) is 12.0. The van der Waals surface area contributed by atoms with Crippen LogP contribution in [0.4, 0.5) is 8.78 Å². The Kier molecular flexibility index (Phi) is 2.66. The molecule has 0 atom stereocenters. The summed E-state index contributed by atoms with van der Waals surface area (Å²) in [5.74, 6) is -1.99. The summed E-state index contributed by atoms with van der Waals surface area (Å²) in [5.41, 5.74) is 0. The zero-order chi connectivity index (χ0) is 12.7. The Balaban J connectivity index is 2.57. The lowest BCUT2D eigenvalue weighted by molar-refractivity contribution is 0.404. The summed E-state index contributed by atoms with van der Waals surface area (Å²) in [6.45, 7) is 0. The van der Waals surface area contributed by atoms with Gasteiger partial charge in [0.05, 0.1) is 6.07 Å². The van der Waals surface area contributed by atoms with Crippen LogP contribution in [0.25, 0.3) is 0 Å². The molecule has 1 fully saturated rings. The van der Waals surface area contributed by atoms with Gasteiger partial charge >= 0.3 is 0 Å². The van der Waals surface area contributed by atoms with E-state index in [0.717, 1.165) is 12.1 Å². The van der Waals surface area contributed by atoms with E-state index in [4.69, 9.17) is 5.26 Å². The normalized spacial score (nSPS) is 18.2. The predicted octanol–water partition coefficient (Wildman–Crippen LogP) is 2.18. The van der Waals surface area contributed by atoms with Crippen molar-refractivity contribution in [2.45, 2.75) is 28.9 Å². The van der Waals surface area contributed by atoms with E-state index in [2.05, 4.69) is 0 Å². The van der Waals surface area contributed by atoms with E-state index in [1.54, 1.807) is 6.07 Å². The van der Waals surface area contributed by atoms with Crippen LogP contribution >= 0.6 is 0 Å². The quantitative estimate of drug-likeness (QED) is 0.763. The monoisotopic (exact) mass is 257 g/mol. The fourth-order valence-electron chi connectivity index (χ4n) is 1.84. The van der Waals surface area contributed by atoms with E-state index in [-0.39, 0.29) is 12.8 Å². The lowest BCUT2D eigenvalue weighted by atomic mass is 9.86. The number of sulfone groups is 1. The first-order chi connectivity index (χ1) is 7.93. The molecule has 0 bridgehead atoms. The summed E-state index contributed by atoms with van der Waals surface area (Å²) in [6.07, 6.45) is 1.01. The van der Waals surface area contributed by atoms with Crippen molar-refractivity contribution in [3.63, 3.8) is 0 Å². The SMILES string of the molecule is N#CC1(S(=O)(=O)c2ccc(F)cc2F)CCC1. The fraction of sp³-hybridized carbons (Fsp3) is 0.364. The molecule has 1 saturated carbocycles. The topological polar surface area (TPSA) is 57.9 Å². The highest BCUT2D eigenvalue weighted by molar-refractivity contribution is 7.93. The Hall–Kier alpha value is -1.48. The van der Waals surface area contributed by atoms with Gasteiger partial charge in [-0.15, -0.1) is 0 Å². The van der Waals surface area contributed by atoms with Gasteiger partial charge < -0.3 is 0 Å². The highest BCUT2D eigenvalue weighted by Gasteiger charge is 2.51. The summed E-state index contributed by atoms with van der Waals surface area (Å²) in [4.78, 5) is -0.597. The van der Waals surface area contributed by atoms with Gasteiger partial charge in [-0.05, 0) is 31.4 Å². The molecule has 1 aromatic carbocycles. The van der Waals surface area contributed by atoms with Crippen molar-refractivity contribution < 1.29 is 17.2 Å². The minimum Gasteiger partial charge on any atom is -0.222 e. The number of hydrogen-bond donors (Lipinski definition) is 0. The van der Waals surface area contributed by atoms with Crippen LogP contribution in [0, 0.1) is 23.0 Å². The molecule has 6 heteroatoms. The van der Waals surface area contributed by atoms with Crippen LogP contribution in [0.1, 0.15) is 19.3 Å². The summed E-state index contributed by atoms with van der Waals surface area (Å²) in [6, 6.07) is 4.00.